The van der Waals surface area contributed by atoms with Crippen LogP contribution in [0, 0.1) is 6.92 Å². The predicted octanol–water partition coefficient (Wildman–Crippen LogP) is 4.93. The van der Waals surface area contributed by atoms with E-state index in [0.29, 0.717) is 15.8 Å². The number of rotatable bonds is 4. The molecule has 0 aliphatic heterocycles. The smallest absolute Gasteiger partial charge is 0.125 e. The van der Waals surface area contributed by atoms with Crippen LogP contribution in [0.4, 0.5) is 0 Å². The SMILES string of the molecule is Cc1ccc(OCc2c(Cl)cccc2Cl)c(C(C)O)c1. The lowest BCUT2D eigenvalue weighted by Gasteiger charge is -2.15. The lowest BCUT2D eigenvalue weighted by atomic mass is 10.1. The average Bonchev–Trinajstić information content (AvgIpc) is 2.39. The summed E-state index contributed by atoms with van der Waals surface area (Å²) in [5.74, 6) is 0.640. The van der Waals surface area contributed by atoms with E-state index in [1.165, 1.54) is 0 Å². The summed E-state index contributed by atoms with van der Waals surface area (Å²) in [6, 6.07) is 11.0. The fourth-order valence-electron chi connectivity index (χ4n) is 1.95. The molecular formula is C16H16Cl2O2. The first-order valence-electron chi connectivity index (χ1n) is 6.33. The number of hydrogen-bond acceptors (Lipinski definition) is 2. The molecule has 0 bridgehead atoms. The Bertz CT molecular complexity index is 589. The highest BCUT2D eigenvalue weighted by atomic mass is 35.5. The van der Waals surface area contributed by atoms with Gasteiger partial charge in [0.15, 0.2) is 0 Å². The number of aliphatic hydroxyl groups excluding tert-OH is 1. The summed E-state index contributed by atoms with van der Waals surface area (Å²) in [5, 5.41) is 10.9. The van der Waals surface area contributed by atoms with Gasteiger partial charge in [0.2, 0.25) is 0 Å². The number of aliphatic hydroxyl groups is 1. The van der Waals surface area contributed by atoms with Crippen molar-refractivity contribution in [1.82, 2.24) is 0 Å². The van der Waals surface area contributed by atoms with Crippen molar-refractivity contribution in [1.29, 1.82) is 0 Å². The van der Waals surface area contributed by atoms with Crippen LogP contribution in [0.5, 0.6) is 5.75 Å². The van der Waals surface area contributed by atoms with Crippen molar-refractivity contribution in [2.24, 2.45) is 0 Å². The molecule has 2 nitrogen and oxygen atoms in total. The third-order valence-electron chi connectivity index (χ3n) is 3.05. The molecule has 0 saturated carbocycles. The predicted molar refractivity (Wildman–Crippen MR) is 82.6 cm³/mol. The van der Waals surface area contributed by atoms with Gasteiger partial charge in [-0.15, -0.1) is 0 Å². The van der Waals surface area contributed by atoms with E-state index in [1.807, 2.05) is 25.1 Å². The molecular weight excluding hydrogens is 295 g/mol. The van der Waals surface area contributed by atoms with Gasteiger partial charge in [0, 0.05) is 21.2 Å². The molecule has 0 radical (unpaired) electrons. The van der Waals surface area contributed by atoms with Gasteiger partial charge >= 0.3 is 0 Å². The summed E-state index contributed by atoms with van der Waals surface area (Å²) in [5.41, 5.74) is 2.57. The molecule has 106 valence electrons. The van der Waals surface area contributed by atoms with Crippen LogP contribution < -0.4 is 4.74 Å². The van der Waals surface area contributed by atoms with Crippen molar-refractivity contribution >= 4 is 23.2 Å². The Kier molecular flexibility index (Phi) is 4.92. The molecule has 2 aromatic rings. The maximum absolute atomic E-state index is 9.80. The molecule has 0 aliphatic carbocycles. The molecule has 0 amide bonds. The highest BCUT2D eigenvalue weighted by Crippen LogP contribution is 2.29. The molecule has 0 fully saturated rings. The monoisotopic (exact) mass is 310 g/mol. The molecule has 1 atom stereocenters. The lowest BCUT2D eigenvalue weighted by Crippen LogP contribution is -2.02. The Morgan fingerprint density at radius 3 is 2.40 bits per heavy atom. The standard InChI is InChI=1S/C16H16Cl2O2/c1-10-6-7-16(12(8-10)11(2)19)20-9-13-14(17)4-3-5-15(13)18/h3-8,11,19H,9H2,1-2H3. The van der Waals surface area contributed by atoms with Gasteiger partial charge in [-0.1, -0.05) is 40.9 Å². The maximum Gasteiger partial charge on any atom is 0.125 e. The van der Waals surface area contributed by atoms with E-state index >= 15 is 0 Å². The molecule has 0 aliphatic rings. The number of hydrogen-bond donors (Lipinski definition) is 1. The van der Waals surface area contributed by atoms with E-state index < -0.39 is 6.10 Å². The van der Waals surface area contributed by atoms with E-state index in [4.69, 9.17) is 27.9 Å². The van der Waals surface area contributed by atoms with Crippen LogP contribution in [0.15, 0.2) is 36.4 Å². The van der Waals surface area contributed by atoms with Crippen LogP contribution >= 0.6 is 23.2 Å². The molecule has 0 aromatic heterocycles. The van der Waals surface area contributed by atoms with Crippen molar-refractivity contribution < 1.29 is 9.84 Å². The zero-order valence-electron chi connectivity index (χ0n) is 11.4. The zero-order valence-corrected chi connectivity index (χ0v) is 12.9. The third-order valence-corrected chi connectivity index (χ3v) is 3.76. The maximum atomic E-state index is 9.80. The second kappa shape index (κ2) is 6.49. The Labute approximate surface area is 128 Å². The summed E-state index contributed by atoms with van der Waals surface area (Å²) in [6.45, 7) is 3.95. The highest BCUT2D eigenvalue weighted by Gasteiger charge is 2.11. The molecule has 1 N–H and O–H groups in total. The lowest BCUT2D eigenvalue weighted by molar-refractivity contribution is 0.190. The number of halogens is 2. The highest BCUT2D eigenvalue weighted by molar-refractivity contribution is 6.35. The Morgan fingerprint density at radius 2 is 1.80 bits per heavy atom. The summed E-state index contributed by atoms with van der Waals surface area (Å²) in [7, 11) is 0. The first kappa shape index (κ1) is 15.2. The van der Waals surface area contributed by atoms with Crippen molar-refractivity contribution in [3.05, 3.63) is 63.1 Å². The zero-order chi connectivity index (χ0) is 14.7. The molecule has 2 aromatic carbocycles. The molecule has 20 heavy (non-hydrogen) atoms. The van der Waals surface area contributed by atoms with Gasteiger partial charge < -0.3 is 9.84 Å². The molecule has 0 spiro atoms. The number of ether oxygens (including phenoxy) is 1. The van der Waals surface area contributed by atoms with Crippen LogP contribution in [0.3, 0.4) is 0 Å². The van der Waals surface area contributed by atoms with Gasteiger partial charge in [-0.05, 0) is 38.1 Å². The first-order chi connectivity index (χ1) is 9.49. The van der Waals surface area contributed by atoms with Crippen molar-refractivity contribution in [2.45, 2.75) is 26.6 Å². The van der Waals surface area contributed by atoms with Gasteiger partial charge in [0.25, 0.3) is 0 Å². The Hall–Kier alpha value is -1.22. The van der Waals surface area contributed by atoms with E-state index in [1.54, 1.807) is 25.1 Å². The Balaban J connectivity index is 2.23. The van der Waals surface area contributed by atoms with Crippen molar-refractivity contribution in [3.63, 3.8) is 0 Å². The molecule has 1 unspecified atom stereocenters. The fourth-order valence-corrected chi connectivity index (χ4v) is 2.45. The average molecular weight is 311 g/mol. The van der Waals surface area contributed by atoms with Crippen LogP contribution in [-0.2, 0) is 6.61 Å². The third kappa shape index (κ3) is 3.45. The van der Waals surface area contributed by atoms with Gasteiger partial charge in [0.1, 0.15) is 12.4 Å². The second-order valence-electron chi connectivity index (χ2n) is 4.71. The second-order valence-corrected chi connectivity index (χ2v) is 5.52. The number of aryl methyl sites for hydroxylation is 1. The van der Waals surface area contributed by atoms with Crippen LogP contribution in [0.2, 0.25) is 10.0 Å². The van der Waals surface area contributed by atoms with Gasteiger partial charge in [-0.3, -0.25) is 0 Å². The summed E-state index contributed by atoms with van der Waals surface area (Å²) in [6.07, 6.45) is -0.591. The van der Waals surface area contributed by atoms with E-state index in [9.17, 15) is 5.11 Å². The summed E-state index contributed by atoms with van der Waals surface area (Å²) < 4.78 is 5.77. The van der Waals surface area contributed by atoms with E-state index in [-0.39, 0.29) is 6.61 Å². The van der Waals surface area contributed by atoms with Crippen LogP contribution in [0.25, 0.3) is 0 Å². The van der Waals surface area contributed by atoms with Crippen molar-refractivity contribution in [3.8, 4) is 5.75 Å². The normalized spacial score (nSPS) is 12.2. The van der Waals surface area contributed by atoms with E-state index in [0.717, 1.165) is 16.7 Å². The summed E-state index contributed by atoms with van der Waals surface area (Å²) >= 11 is 12.2. The molecule has 0 heterocycles. The Morgan fingerprint density at radius 1 is 1.15 bits per heavy atom. The van der Waals surface area contributed by atoms with Crippen LogP contribution in [0.1, 0.15) is 29.7 Å². The first-order valence-corrected chi connectivity index (χ1v) is 7.09. The molecule has 0 saturated heterocycles. The molecule has 2 rings (SSSR count). The minimum atomic E-state index is -0.591. The quantitative estimate of drug-likeness (QED) is 0.867. The fraction of sp³-hybridized carbons (Fsp3) is 0.250. The number of benzene rings is 2. The van der Waals surface area contributed by atoms with Gasteiger partial charge in [0.05, 0.1) is 6.10 Å². The van der Waals surface area contributed by atoms with Crippen LogP contribution in [-0.4, -0.2) is 5.11 Å². The topological polar surface area (TPSA) is 29.5 Å². The van der Waals surface area contributed by atoms with Gasteiger partial charge in [-0.2, -0.15) is 0 Å². The largest absolute Gasteiger partial charge is 0.488 e. The summed E-state index contributed by atoms with van der Waals surface area (Å²) in [4.78, 5) is 0. The molecule has 4 heteroatoms. The van der Waals surface area contributed by atoms with E-state index in [2.05, 4.69) is 0 Å². The minimum Gasteiger partial charge on any atom is -0.488 e. The minimum absolute atomic E-state index is 0.265. The van der Waals surface area contributed by atoms with Crippen molar-refractivity contribution in [2.75, 3.05) is 0 Å². The van der Waals surface area contributed by atoms with Gasteiger partial charge in [-0.25, -0.2) is 0 Å².